The average molecular weight is 244 g/mol. The van der Waals surface area contributed by atoms with Gasteiger partial charge in [0.05, 0.1) is 11.4 Å². The summed E-state index contributed by atoms with van der Waals surface area (Å²) in [4.78, 5) is 6.00. The number of fused-ring (bicyclic) bond motifs is 5. The highest BCUT2D eigenvalue weighted by molar-refractivity contribution is 7.10. The molecule has 0 aliphatic heterocycles. The molecule has 0 saturated carbocycles. The number of hydrogen-bond acceptors (Lipinski definition) is 2. The van der Waals surface area contributed by atoms with Gasteiger partial charge in [-0.2, -0.15) is 0 Å². The molecule has 0 fully saturated rings. The minimum atomic E-state index is -0.214. The van der Waals surface area contributed by atoms with Crippen LogP contribution in [0.1, 0.15) is 10.6 Å². The Balaban J connectivity index is 2.10. The number of imidazole rings is 1. The first-order chi connectivity index (χ1) is 8.33. The second kappa shape index (κ2) is 3.17. The largest absolute Gasteiger partial charge is 0.300 e. The zero-order valence-corrected chi connectivity index (χ0v) is 9.80. The smallest absolute Gasteiger partial charge is 0.139 e. The first kappa shape index (κ1) is 9.36. The molecule has 0 aromatic carbocycles. The molecule has 1 aliphatic rings. The SMILES string of the molecule is Fc1ccc2nc3c(n2c1)CCc1sccc1-3. The molecular weight excluding hydrogens is 235 g/mol. The molecule has 0 atom stereocenters. The number of thiophene rings is 1. The van der Waals surface area contributed by atoms with E-state index in [1.165, 1.54) is 22.7 Å². The van der Waals surface area contributed by atoms with E-state index in [0.717, 1.165) is 29.9 Å². The Hall–Kier alpha value is -1.68. The van der Waals surface area contributed by atoms with Gasteiger partial charge in [0.1, 0.15) is 11.5 Å². The molecule has 1 aliphatic carbocycles. The summed E-state index contributed by atoms with van der Waals surface area (Å²) in [6.07, 6.45) is 3.50. The molecule has 0 saturated heterocycles. The van der Waals surface area contributed by atoms with Gasteiger partial charge < -0.3 is 4.40 Å². The van der Waals surface area contributed by atoms with Crippen LogP contribution in [0.2, 0.25) is 0 Å². The number of halogens is 1. The normalized spacial score (nSPS) is 13.7. The number of nitrogens with zero attached hydrogens (tertiary/aromatic N) is 2. The van der Waals surface area contributed by atoms with Gasteiger partial charge in [0.25, 0.3) is 0 Å². The van der Waals surface area contributed by atoms with Crippen molar-refractivity contribution in [3.63, 3.8) is 0 Å². The Morgan fingerprint density at radius 2 is 2.18 bits per heavy atom. The van der Waals surface area contributed by atoms with Crippen molar-refractivity contribution in [2.75, 3.05) is 0 Å². The van der Waals surface area contributed by atoms with E-state index < -0.39 is 0 Å². The highest BCUT2D eigenvalue weighted by Gasteiger charge is 2.22. The molecule has 2 nitrogen and oxygen atoms in total. The molecule has 17 heavy (non-hydrogen) atoms. The molecule has 3 aromatic rings. The summed E-state index contributed by atoms with van der Waals surface area (Å²) in [5, 5.41) is 2.10. The summed E-state index contributed by atoms with van der Waals surface area (Å²) >= 11 is 1.78. The van der Waals surface area contributed by atoms with Crippen LogP contribution < -0.4 is 0 Å². The van der Waals surface area contributed by atoms with E-state index in [2.05, 4.69) is 16.4 Å². The fourth-order valence-corrected chi connectivity index (χ4v) is 3.38. The van der Waals surface area contributed by atoms with Crippen LogP contribution in [0.5, 0.6) is 0 Å². The van der Waals surface area contributed by atoms with E-state index >= 15 is 0 Å². The molecule has 0 amide bonds. The highest BCUT2D eigenvalue weighted by atomic mass is 32.1. The Morgan fingerprint density at radius 3 is 3.12 bits per heavy atom. The van der Waals surface area contributed by atoms with Gasteiger partial charge in [-0.25, -0.2) is 9.37 Å². The summed E-state index contributed by atoms with van der Waals surface area (Å²) in [5.41, 5.74) is 4.21. The van der Waals surface area contributed by atoms with Crippen molar-refractivity contribution in [2.45, 2.75) is 12.8 Å². The molecule has 3 heterocycles. The monoisotopic (exact) mass is 244 g/mol. The van der Waals surface area contributed by atoms with Crippen LogP contribution in [0, 0.1) is 5.82 Å². The number of hydrogen-bond donors (Lipinski definition) is 0. The number of rotatable bonds is 0. The summed E-state index contributed by atoms with van der Waals surface area (Å²) < 4.78 is 15.2. The summed E-state index contributed by atoms with van der Waals surface area (Å²) in [6.45, 7) is 0. The van der Waals surface area contributed by atoms with Gasteiger partial charge in [-0.3, -0.25) is 0 Å². The fraction of sp³-hybridized carbons (Fsp3) is 0.154. The lowest BCUT2D eigenvalue weighted by molar-refractivity contribution is 0.617. The number of aromatic nitrogens is 2. The highest BCUT2D eigenvalue weighted by Crippen LogP contribution is 2.36. The average Bonchev–Trinajstić information content (AvgIpc) is 2.91. The standard InChI is InChI=1S/C13H9FN2S/c14-8-1-4-12-15-13-9-5-6-17-11(9)3-2-10(13)16(12)7-8/h1,4-7H,2-3H2. The Bertz CT molecular complexity index is 726. The van der Waals surface area contributed by atoms with Gasteiger partial charge in [0.15, 0.2) is 0 Å². The van der Waals surface area contributed by atoms with Crippen molar-refractivity contribution in [3.8, 4) is 11.3 Å². The third-order valence-electron chi connectivity index (χ3n) is 3.27. The molecule has 4 heteroatoms. The van der Waals surface area contributed by atoms with E-state index in [1.54, 1.807) is 17.4 Å². The summed E-state index contributed by atoms with van der Waals surface area (Å²) in [5.74, 6) is -0.214. The second-order valence-electron chi connectivity index (χ2n) is 4.24. The molecule has 0 bridgehead atoms. The summed E-state index contributed by atoms with van der Waals surface area (Å²) in [6, 6.07) is 5.31. The molecule has 4 rings (SSSR count). The third-order valence-corrected chi connectivity index (χ3v) is 4.25. The minimum Gasteiger partial charge on any atom is -0.300 e. The van der Waals surface area contributed by atoms with Crippen molar-refractivity contribution in [1.82, 2.24) is 9.38 Å². The maximum absolute atomic E-state index is 13.3. The lowest BCUT2D eigenvalue weighted by Crippen LogP contribution is -2.03. The van der Waals surface area contributed by atoms with E-state index in [4.69, 9.17) is 0 Å². The van der Waals surface area contributed by atoms with Gasteiger partial charge in [-0.15, -0.1) is 11.3 Å². The van der Waals surface area contributed by atoms with Crippen LogP contribution in [-0.2, 0) is 12.8 Å². The van der Waals surface area contributed by atoms with Crippen molar-refractivity contribution in [3.05, 3.63) is 46.2 Å². The molecule has 3 aromatic heterocycles. The van der Waals surface area contributed by atoms with Crippen molar-refractivity contribution >= 4 is 17.0 Å². The quantitative estimate of drug-likeness (QED) is 0.593. The Morgan fingerprint density at radius 1 is 1.24 bits per heavy atom. The molecule has 0 N–H and O–H groups in total. The van der Waals surface area contributed by atoms with Crippen LogP contribution in [-0.4, -0.2) is 9.38 Å². The Labute approximate surface area is 101 Å². The Kier molecular flexibility index (Phi) is 1.74. The van der Waals surface area contributed by atoms with E-state index in [1.807, 2.05) is 4.40 Å². The van der Waals surface area contributed by atoms with Crippen LogP contribution in [0.3, 0.4) is 0 Å². The zero-order chi connectivity index (χ0) is 11.4. The lowest BCUT2D eigenvalue weighted by atomic mass is 10.0. The maximum Gasteiger partial charge on any atom is 0.139 e. The van der Waals surface area contributed by atoms with Crippen molar-refractivity contribution < 1.29 is 4.39 Å². The van der Waals surface area contributed by atoms with Crippen LogP contribution in [0.25, 0.3) is 16.9 Å². The van der Waals surface area contributed by atoms with Gasteiger partial charge in [-0.05, 0) is 36.4 Å². The maximum atomic E-state index is 13.3. The van der Waals surface area contributed by atoms with Crippen molar-refractivity contribution in [1.29, 1.82) is 0 Å². The van der Waals surface area contributed by atoms with Crippen LogP contribution in [0.15, 0.2) is 29.8 Å². The molecule has 0 radical (unpaired) electrons. The van der Waals surface area contributed by atoms with Crippen LogP contribution in [0.4, 0.5) is 4.39 Å². The van der Waals surface area contributed by atoms with Crippen molar-refractivity contribution in [2.24, 2.45) is 0 Å². The molecule has 84 valence electrons. The van der Waals surface area contributed by atoms with Gasteiger partial charge in [0, 0.05) is 16.6 Å². The third kappa shape index (κ3) is 1.21. The van der Waals surface area contributed by atoms with Gasteiger partial charge in [-0.1, -0.05) is 0 Å². The van der Waals surface area contributed by atoms with E-state index in [-0.39, 0.29) is 5.82 Å². The molecule has 0 unspecified atom stereocenters. The fourth-order valence-electron chi connectivity index (χ4n) is 2.50. The first-order valence-electron chi connectivity index (χ1n) is 5.56. The zero-order valence-electron chi connectivity index (χ0n) is 8.98. The van der Waals surface area contributed by atoms with Gasteiger partial charge in [0.2, 0.25) is 0 Å². The van der Waals surface area contributed by atoms with Crippen LogP contribution >= 0.6 is 11.3 Å². The number of pyridine rings is 1. The topological polar surface area (TPSA) is 17.3 Å². The molecule has 0 spiro atoms. The number of aryl methyl sites for hydroxylation is 2. The summed E-state index contributed by atoms with van der Waals surface area (Å²) in [7, 11) is 0. The van der Waals surface area contributed by atoms with Gasteiger partial charge >= 0.3 is 0 Å². The second-order valence-corrected chi connectivity index (χ2v) is 5.24. The lowest BCUT2D eigenvalue weighted by Gasteiger charge is -2.11. The first-order valence-corrected chi connectivity index (χ1v) is 6.44. The predicted octanol–water partition coefficient (Wildman–Crippen LogP) is 3.30. The molecular formula is C13H9FN2S. The van der Waals surface area contributed by atoms with E-state index in [0.29, 0.717) is 0 Å². The van der Waals surface area contributed by atoms with E-state index in [9.17, 15) is 4.39 Å². The minimum absolute atomic E-state index is 0.214. The predicted molar refractivity (Wildman–Crippen MR) is 65.9 cm³/mol.